The lowest BCUT2D eigenvalue weighted by Gasteiger charge is -2.27. The molecule has 0 aliphatic carbocycles. The van der Waals surface area contributed by atoms with Crippen molar-refractivity contribution in [3.05, 3.63) is 94.4 Å². The monoisotopic (exact) mass is 500 g/mol. The highest BCUT2D eigenvalue weighted by Crippen LogP contribution is 2.33. The van der Waals surface area contributed by atoms with Crippen molar-refractivity contribution >= 4 is 35.0 Å². The van der Waals surface area contributed by atoms with Crippen molar-refractivity contribution < 1.29 is 23.5 Å². The van der Waals surface area contributed by atoms with Crippen molar-refractivity contribution in [1.29, 1.82) is 0 Å². The molecule has 0 N–H and O–H groups in total. The molecule has 176 valence electrons. The number of ether oxygens (including phenoxy) is 2. The molecule has 0 fully saturated rings. The second-order valence-electron chi connectivity index (χ2n) is 7.62. The second kappa shape index (κ2) is 10.7. The van der Waals surface area contributed by atoms with E-state index in [1.165, 1.54) is 11.0 Å². The summed E-state index contributed by atoms with van der Waals surface area (Å²) in [6.45, 7) is 4.40. The summed E-state index contributed by atoms with van der Waals surface area (Å²) in [5.41, 5.74) is 1.11. The zero-order valence-corrected chi connectivity index (χ0v) is 19.7. The summed E-state index contributed by atoms with van der Waals surface area (Å²) in [6.07, 6.45) is 3.11. The van der Waals surface area contributed by atoms with Crippen LogP contribution in [0.5, 0.6) is 11.5 Å². The molecule has 1 aliphatic rings. The van der Waals surface area contributed by atoms with Crippen LogP contribution in [0.15, 0.2) is 71.9 Å². The fraction of sp³-hybridized carbons (Fsp3) is 0.200. The first-order valence-electron chi connectivity index (χ1n) is 10.5. The average Bonchev–Trinajstić information content (AvgIpc) is 3.49. The van der Waals surface area contributed by atoms with Gasteiger partial charge in [-0.1, -0.05) is 35.3 Å². The molecular formula is C25H22Cl2N2O5. The first kappa shape index (κ1) is 23.7. The molecule has 9 heteroatoms. The fourth-order valence-electron chi connectivity index (χ4n) is 3.55. The zero-order chi connectivity index (χ0) is 24.1. The zero-order valence-electron chi connectivity index (χ0n) is 18.2. The van der Waals surface area contributed by atoms with Crippen molar-refractivity contribution in [3.63, 3.8) is 0 Å². The van der Waals surface area contributed by atoms with Gasteiger partial charge in [-0.05, 0) is 48.0 Å². The molecule has 0 saturated carbocycles. The maximum Gasteiger partial charge on any atom is 0.256 e. The Bertz CT molecular complexity index is 1200. The van der Waals surface area contributed by atoms with Gasteiger partial charge in [-0.25, -0.2) is 0 Å². The van der Waals surface area contributed by atoms with E-state index in [0.29, 0.717) is 22.3 Å². The number of hydrogen-bond acceptors (Lipinski definition) is 5. The van der Waals surface area contributed by atoms with E-state index in [0.717, 1.165) is 5.56 Å². The van der Waals surface area contributed by atoms with Gasteiger partial charge in [-0.15, -0.1) is 6.58 Å². The average molecular weight is 501 g/mol. The van der Waals surface area contributed by atoms with Crippen molar-refractivity contribution in [2.45, 2.75) is 13.1 Å². The molecule has 0 spiro atoms. The molecule has 34 heavy (non-hydrogen) atoms. The van der Waals surface area contributed by atoms with Gasteiger partial charge in [0, 0.05) is 18.1 Å². The van der Waals surface area contributed by atoms with E-state index in [9.17, 15) is 9.59 Å². The van der Waals surface area contributed by atoms with Crippen LogP contribution in [0.2, 0.25) is 10.0 Å². The number of carbonyl (C=O) groups excluding carboxylic acids is 2. The van der Waals surface area contributed by atoms with Gasteiger partial charge in [0.05, 0.1) is 23.4 Å². The first-order chi connectivity index (χ1) is 16.4. The highest BCUT2D eigenvalue weighted by Gasteiger charge is 2.25. The van der Waals surface area contributed by atoms with Gasteiger partial charge < -0.3 is 23.7 Å². The molecule has 2 amide bonds. The van der Waals surface area contributed by atoms with Crippen molar-refractivity contribution in [2.24, 2.45) is 0 Å². The van der Waals surface area contributed by atoms with Crippen LogP contribution in [0.3, 0.4) is 0 Å². The van der Waals surface area contributed by atoms with Crippen LogP contribution in [-0.4, -0.2) is 41.5 Å². The van der Waals surface area contributed by atoms with Crippen LogP contribution in [-0.2, 0) is 17.9 Å². The van der Waals surface area contributed by atoms with Crippen molar-refractivity contribution in [3.8, 4) is 11.5 Å². The van der Waals surface area contributed by atoms with E-state index in [1.54, 1.807) is 41.5 Å². The predicted molar refractivity (Wildman–Crippen MR) is 128 cm³/mol. The van der Waals surface area contributed by atoms with Gasteiger partial charge in [-0.3, -0.25) is 9.59 Å². The molecule has 1 aliphatic heterocycles. The minimum Gasteiger partial charge on any atom is -0.467 e. The molecule has 0 saturated heterocycles. The summed E-state index contributed by atoms with van der Waals surface area (Å²) >= 11 is 12.2. The Kier molecular flexibility index (Phi) is 7.45. The lowest BCUT2D eigenvalue weighted by Crippen LogP contribution is -2.42. The van der Waals surface area contributed by atoms with Crippen molar-refractivity contribution in [1.82, 2.24) is 9.80 Å². The normalized spacial score (nSPS) is 11.8. The Morgan fingerprint density at radius 1 is 1.00 bits per heavy atom. The van der Waals surface area contributed by atoms with Crippen LogP contribution in [0.1, 0.15) is 21.7 Å². The van der Waals surface area contributed by atoms with Crippen LogP contribution >= 0.6 is 23.2 Å². The molecule has 4 rings (SSSR count). The largest absolute Gasteiger partial charge is 0.467 e. The highest BCUT2D eigenvalue weighted by molar-refractivity contribution is 6.36. The summed E-state index contributed by atoms with van der Waals surface area (Å²) < 4.78 is 16.3. The molecule has 0 bridgehead atoms. The van der Waals surface area contributed by atoms with E-state index in [2.05, 4.69) is 6.58 Å². The molecule has 2 heterocycles. The maximum atomic E-state index is 13.4. The van der Waals surface area contributed by atoms with Gasteiger partial charge >= 0.3 is 0 Å². The number of carbonyl (C=O) groups is 2. The van der Waals surface area contributed by atoms with E-state index in [1.807, 2.05) is 18.2 Å². The summed E-state index contributed by atoms with van der Waals surface area (Å²) in [6, 6.07) is 13.7. The number of benzene rings is 2. The van der Waals surface area contributed by atoms with Crippen LogP contribution in [0, 0.1) is 0 Å². The first-order valence-corrected chi connectivity index (χ1v) is 11.2. The number of hydrogen-bond donors (Lipinski definition) is 0. The second-order valence-corrected chi connectivity index (χ2v) is 8.46. The quantitative estimate of drug-likeness (QED) is 0.379. The van der Waals surface area contributed by atoms with Gasteiger partial charge in [0.25, 0.3) is 5.91 Å². The number of furan rings is 1. The SMILES string of the molecule is C=CCN(CC(=O)N(Cc1ccc2c(c1)OCO2)Cc1ccco1)C(=O)c1ccc(Cl)cc1Cl. The van der Waals surface area contributed by atoms with Crippen LogP contribution in [0.4, 0.5) is 0 Å². The molecule has 0 radical (unpaired) electrons. The number of rotatable bonds is 9. The maximum absolute atomic E-state index is 13.4. The Labute approximate surface area is 207 Å². The number of halogens is 2. The number of nitrogens with zero attached hydrogens (tertiary/aromatic N) is 2. The summed E-state index contributed by atoms with van der Waals surface area (Å²) in [4.78, 5) is 29.6. The molecule has 0 atom stereocenters. The summed E-state index contributed by atoms with van der Waals surface area (Å²) in [5, 5.41) is 0.632. The fourth-order valence-corrected chi connectivity index (χ4v) is 4.04. The lowest BCUT2D eigenvalue weighted by molar-refractivity contribution is -0.133. The van der Waals surface area contributed by atoms with Crippen LogP contribution < -0.4 is 9.47 Å². The summed E-state index contributed by atoms with van der Waals surface area (Å²) in [5.74, 6) is 1.25. The van der Waals surface area contributed by atoms with Gasteiger partial charge in [0.15, 0.2) is 11.5 Å². The van der Waals surface area contributed by atoms with Crippen molar-refractivity contribution in [2.75, 3.05) is 19.9 Å². The molecule has 3 aromatic rings. The molecule has 0 unspecified atom stereocenters. The third kappa shape index (κ3) is 5.55. The Balaban J connectivity index is 1.55. The van der Waals surface area contributed by atoms with E-state index >= 15 is 0 Å². The Hall–Kier alpha value is -3.42. The van der Waals surface area contributed by atoms with E-state index < -0.39 is 5.91 Å². The van der Waals surface area contributed by atoms with Gasteiger partial charge in [-0.2, -0.15) is 0 Å². The minimum atomic E-state index is -0.393. The third-order valence-electron chi connectivity index (χ3n) is 5.21. The summed E-state index contributed by atoms with van der Waals surface area (Å²) in [7, 11) is 0. The van der Waals surface area contributed by atoms with E-state index in [4.69, 9.17) is 37.1 Å². The molecular weight excluding hydrogens is 479 g/mol. The topological polar surface area (TPSA) is 72.2 Å². The van der Waals surface area contributed by atoms with E-state index in [-0.39, 0.29) is 49.5 Å². The predicted octanol–water partition coefficient (Wildman–Crippen LogP) is 5.17. The molecule has 7 nitrogen and oxygen atoms in total. The number of fused-ring (bicyclic) bond motifs is 1. The highest BCUT2D eigenvalue weighted by atomic mass is 35.5. The molecule has 1 aromatic heterocycles. The minimum absolute atomic E-state index is 0.166. The number of amides is 2. The van der Waals surface area contributed by atoms with Gasteiger partial charge in [0.1, 0.15) is 12.3 Å². The lowest BCUT2D eigenvalue weighted by atomic mass is 10.1. The standard InChI is InChI=1S/C25H22Cl2N2O5/c1-2-9-28(25(31)20-7-6-18(26)12-21(20)27)15-24(30)29(14-19-4-3-10-32-19)13-17-5-8-22-23(11-17)34-16-33-22/h2-8,10-12H,1,9,13-16H2. The Morgan fingerprint density at radius 3 is 2.56 bits per heavy atom. The Morgan fingerprint density at radius 2 is 1.82 bits per heavy atom. The van der Waals surface area contributed by atoms with Crippen LogP contribution in [0.25, 0.3) is 0 Å². The third-order valence-corrected chi connectivity index (χ3v) is 5.76. The smallest absolute Gasteiger partial charge is 0.256 e. The molecule has 2 aromatic carbocycles. The van der Waals surface area contributed by atoms with Gasteiger partial charge in [0.2, 0.25) is 12.7 Å².